The summed E-state index contributed by atoms with van der Waals surface area (Å²) in [4.78, 5) is 8.48. The molecule has 0 aliphatic carbocycles. The fraction of sp³-hybridized carbons (Fsp3) is 0.368. The fourth-order valence-electron chi connectivity index (χ4n) is 3.32. The lowest BCUT2D eigenvalue weighted by molar-refractivity contribution is 0.214. The van der Waals surface area contributed by atoms with Crippen molar-refractivity contribution in [3.05, 3.63) is 58.1 Å². The Morgan fingerprint density at radius 2 is 2.12 bits per heavy atom. The molecule has 1 aromatic carbocycles. The number of aromatic nitrogens is 2. The van der Waals surface area contributed by atoms with Crippen molar-refractivity contribution in [3.8, 4) is 11.4 Å². The molecule has 0 saturated carbocycles. The molecule has 0 spiro atoms. The van der Waals surface area contributed by atoms with Crippen LogP contribution in [0.1, 0.15) is 42.1 Å². The molecule has 24 heavy (non-hydrogen) atoms. The summed E-state index contributed by atoms with van der Waals surface area (Å²) in [7, 11) is 0. The van der Waals surface area contributed by atoms with Gasteiger partial charge >= 0.3 is 0 Å². The Morgan fingerprint density at radius 1 is 1.25 bits per heavy atom. The predicted octanol–water partition coefficient (Wildman–Crippen LogP) is 4.70. The van der Waals surface area contributed by atoms with Crippen LogP contribution in [0.15, 0.2) is 46.3 Å². The van der Waals surface area contributed by atoms with E-state index in [0.717, 1.165) is 25.1 Å². The number of hydrogen-bond donors (Lipinski definition) is 0. The lowest BCUT2D eigenvalue weighted by Crippen LogP contribution is -2.22. The Labute approximate surface area is 146 Å². The Bertz CT molecular complexity index is 779. The topological polar surface area (TPSA) is 42.2 Å². The van der Waals surface area contributed by atoms with Crippen LogP contribution in [0.5, 0.6) is 0 Å². The first-order valence-electron chi connectivity index (χ1n) is 8.53. The van der Waals surface area contributed by atoms with Crippen LogP contribution in [0.2, 0.25) is 0 Å². The van der Waals surface area contributed by atoms with Crippen molar-refractivity contribution < 1.29 is 4.52 Å². The molecule has 0 amide bonds. The maximum absolute atomic E-state index is 5.50. The van der Waals surface area contributed by atoms with Crippen LogP contribution in [-0.4, -0.2) is 21.6 Å². The van der Waals surface area contributed by atoms with Gasteiger partial charge in [-0.2, -0.15) is 4.98 Å². The Balaban J connectivity index is 1.48. The van der Waals surface area contributed by atoms with E-state index < -0.39 is 0 Å². The minimum absolute atomic E-state index is 0.490. The molecule has 3 heterocycles. The third-order valence-corrected chi connectivity index (χ3v) is 5.64. The summed E-state index contributed by atoms with van der Waals surface area (Å²) in [5.74, 6) is 1.38. The van der Waals surface area contributed by atoms with Crippen molar-refractivity contribution in [3.63, 3.8) is 0 Å². The second-order valence-corrected chi connectivity index (χ2v) is 7.19. The second-order valence-electron chi connectivity index (χ2n) is 6.21. The van der Waals surface area contributed by atoms with E-state index in [2.05, 4.69) is 63.7 Å². The molecular formula is C19H21N3OS. The molecule has 1 atom stereocenters. The van der Waals surface area contributed by atoms with Gasteiger partial charge in [0.05, 0.1) is 6.54 Å². The molecule has 4 nitrogen and oxygen atoms in total. The van der Waals surface area contributed by atoms with Crippen LogP contribution in [0.25, 0.3) is 11.4 Å². The molecule has 1 saturated heterocycles. The van der Waals surface area contributed by atoms with Crippen molar-refractivity contribution in [2.24, 2.45) is 0 Å². The normalized spacial score (nSPS) is 18.3. The fourth-order valence-corrected chi connectivity index (χ4v) is 4.21. The number of likely N-dealkylation sites (tertiary alicyclic amines) is 1. The number of rotatable bonds is 5. The average Bonchev–Trinajstić information content (AvgIpc) is 3.37. The van der Waals surface area contributed by atoms with E-state index in [1.165, 1.54) is 23.3 Å². The summed E-state index contributed by atoms with van der Waals surface area (Å²) in [6.45, 7) is 3.97. The van der Waals surface area contributed by atoms with Gasteiger partial charge in [0.2, 0.25) is 11.7 Å². The van der Waals surface area contributed by atoms with Crippen LogP contribution in [0.4, 0.5) is 0 Å². The van der Waals surface area contributed by atoms with Crippen LogP contribution in [-0.2, 0) is 13.0 Å². The Hall–Kier alpha value is -1.98. The minimum Gasteiger partial charge on any atom is -0.338 e. The van der Waals surface area contributed by atoms with Gasteiger partial charge in [-0.25, -0.2) is 0 Å². The monoisotopic (exact) mass is 339 g/mol. The van der Waals surface area contributed by atoms with Gasteiger partial charge in [-0.3, -0.25) is 4.90 Å². The van der Waals surface area contributed by atoms with E-state index in [1.54, 1.807) is 0 Å². The summed E-state index contributed by atoms with van der Waals surface area (Å²) in [6, 6.07) is 13.2. The summed E-state index contributed by atoms with van der Waals surface area (Å²) in [6.07, 6.45) is 3.47. The number of nitrogens with zero attached hydrogens (tertiary/aromatic N) is 3. The quantitative estimate of drug-likeness (QED) is 0.676. The van der Waals surface area contributed by atoms with Crippen molar-refractivity contribution >= 4 is 11.3 Å². The molecule has 124 valence electrons. The number of hydrogen-bond acceptors (Lipinski definition) is 5. The number of thiophene rings is 1. The van der Waals surface area contributed by atoms with Crippen molar-refractivity contribution in [2.75, 3.05) is 6.54 Å². The molecule has 1 aliphatic heterocycles. The summed E-state index contributed by atoms with van der Waals surface area (Å²) in [5, 5.41) is 6.31. The predicted molar refractivity (Wildman–Crippen MR) is 95.8 cm³/mol. The smallest absolute Gasteiger partial charge is 0.241 e. The van der Waals surface area contributed by atoms with Crippen LogP contribution in [0.3, 0.4) is 0 Å². The van der Waals surface area contributed by atoms with Gasteiger partial charge in [0.15, 0.2) is 0 Å². The first kappa shape index (κ1) is 15.5. The van der Waals surface area contributed by atoms with E-state index in [4.69, 9.17) is 4.52 Å². The zero-order chi connectivity index (χ0) is 16.4. The maximum atomic E-state index is 5.50. The maximum Gasteiger partial charge on any atom is 0.241 e. The summed E-state index contributed by atoms with van der Waals surface area (Å²) < 4.78 is 5.50. The zero-order valence-electron chi connectivity index (χ0n) is 13.8. The molecule has 0 radical (unpaired) electrons. The first-order valence-corrected chi connectivity index (χ1v) is 9.41. The molecular weight excluding hydrogens is 318 g/mol. The van der Waals surface area contributed by atoms with Gasteiger partial charge in [0.25, 0.3) is 0 Å². The zero-order valence-corrected chi connectivity index (χ0v) is 14.6. The van der Waals surface area contributed by atoms with Crippen LogP contribution in [0, 0.1) is 0 Å². The molecule has 1 aliphatic rings. The third-order valence-electron chi connectivity index (χ3n) is 4.66. The van der Waals surface area contributed by atoms with Crippen molar-refractivity contribution in [2.45, 2.75) is 38.8 Å². The summed E-state index contributed by atoms with van der Waals surface area (Å²) in [5.41, 5.74) is 2.33. The van der Waals surface area contributed by atoms with E-state index in [0.29, 0.717) is 17.8 Å². The van der Waals surface area contributed by atoms with E-state index in [9.17, 15) is 0 Å². The van der Waals surface area contributed by atoms with Crippen molar-refractivity contribution in [1.82, 2.24) is 15.0 Å². The molecule has 0 bridgehead atoms. The Kier molecular flexibility index (Phi) is 4.45. The van der Waals surface area contributed by atoms with Gasteiger partial charge in [0.1, 0.15) is 0 Å². The summed E-state index contributed by atoms with van der Waals surface area (Å²) >= 11 is 1.83. The third kappa shape index (κ3) is 3.14. The molecule has 2 aromatic heterocycles. The lowest BCUT2D eigenvalue weighted by atomic mass is 10.1. The molecule has 3 aromatic rings. The second kappa shape index (κ2) is 6.87. The molecule has 1 unspecified atom stereocenters. The van der Waals surface area contributed by atoms with E-state index >= 15 is 0 Å². The van der Waals surface area contributed by atoms with Gasteiger partial charge in [-0.1, -0.05) is 42.4 Å². The first-order chi connectivity index (χ1) is 11.8. The van der Waals surface area contributed by atoms with E-state index in [-0.39, 0.29) is 0 Å². The van der Waals surface area contributed by atoms with Gasteiger partial charge in [-0.15, -0.1) is 11.3 Å². The molecule has 0 N–H and O–H groups in total. The van der Waals surface area contributed by atoms with Crippen LogP contribution >= 0.6 is 11.3 Å². The van der Waals surface area contributed by atoms with Gasteiger partial charge in [-0.05, 0) is 42.8 Å². The standard InChI is InChI=1S/C19H21N3OS/c1-2-14-7-9-15(10-8-14)19-20-18(23-21-19)13-22-11-3-5-16(22)17-6-4-12-24-17/h4,6-10,12,16H,2-3,5,11,13H2,1H3. The Morgan fingerprint density at radius 3 is 2.88 bits per heavy atom. The minimum atomic E-state index is 0.490. The molecule has 1 fully saturated rings. The van der Waals surface area contributed by atoms with Crippen LogP contribution < -0.4 is 0 Å². The van der Waals surface area contributed by atoms with E-state index in [1.807, 2.05) is 11.3 Å². The lowest BCUT2D eigenvalue weighted by Gasteiger charge is -2.21. The largest absolute Gasteiger partial charge is 0.338 e. The van der Waals surface area contributed by atoms with Gasteiger partial charge in [0, 0.05) is 16.5 Å². The highest BCUT2D eigenvalue weighted by molar-refractivity contribution is 7.10. The van der Waals surface area contributed by atoms with Gasteiger partial charge < -0.3 is 4.52 Å². The SMILES string of the molecule is CCc1ccc(-c2noc(CN3CCCC3c3cccs3)n2)cc1. The number of benzene rings is 1. The van der Waals surface area contributed by atoms with Crippen molar-refractivity contribution in [1.29, 1.82) is 0 Å². The average molecular weight is 339 g/mol. The molecule has 4 rings (SSSR count). The molecule has 5 heteroatoms. The highest BCUT2D eigenvalue weighted by Gasteiger charge is 2.28. The highest BCUT2D eigenvalue weighted by Crippen LogP contribution is 2.35. The highest BCUT2D eigenvalue weighted by atomic mass is 32.1. The number of aryl methyl sites for hydroxylation is 1.